The van der Waals surface area contributed by atoms with Crippen LogP contribution in [-0.2, 0) is 0 Å². The lowest BCUT2D eigenvalue weighted by Gasteiger charge is -2.03. The first-order valence-electron chi connectivity index (χ1n) is 4.57. The lowest BCUT2D eigenvalue weighted by atomic mass is 10.1. The molecule has 0 bridgehead atoms. The quantitative estimate of drug-likeness (QED) is 0.652. The Kier molecular flexibility index (Phi) is 2.15. The average molecular weight is 175 g/mol. The molecule has 0 radical (unpaired) electrons. The van der Waals surface area contributed by atoms with E-state index in [0.29, 0.717) is 0 Å². The summed E-state index contributed by atoms with van der Waals surface area (Å²) in [5.74, 6) is 0. The second kappa shape index (κ2) is 3.30. The first kappa shape index (κ1) is 8.45. The van der Waals surface area contributed by atoms with Crippen molar-refractivity contribution in [2.24, 2.45) is 4.99 Å². The van der Waals surface area contributed by atoms with E-state index in [4.69, 9.17) is 0 Å². The van der Waals surface area contributed by atoms with Crippen LogP contribution in [0.25, 0.3) is 0 Å². The monoisotopic (exact) mass is 175 g/mol. The molecule has 68 valence electrons. The number of aliphatic hydroxyl groups excluding tert-OH is 1. The maximum atomic E-state index is 9.70. The maximum absolute atomic E-state index is 9.70. The Morgan fingerprint density at radius 2 is 2.08 bits per heavy atom. The van der Waals surface area contributed by atoms with Crippen molar-refractivity contribution < 1.29 is 5.11 Å². The number of aliphatic imine (C=N–C) groups is 1. The van der Waals surface area contributed by atoms with Crippen LogP contribution in [0, 0.1) is 0 Å². The molecule has 2 atom stereocenters. The van der Waals surface area contributed by atoms with Gasteiger partial charge in [-0.1, -0.05) is 24.3 Å². The van der Waals surface area contributed by atoms with Crippen LogP contribution >= 0.6 is 0 Å². The van der Waals surface area contributed by atoms with Crippen molar-refractivity contribution in [1.29, 1.82) is 0 Å². The average Bonchev–Trinajstić information content (AvgIpc) is 2.46. The highest BCUT2D eigenvalue weighted by molar-refractivity contribution is 5.54. The van der Waals surface area contributed by atoms with E-state index in [1.165, 1.54) is 5.56 Å². The molecule has 13 heavy (non-hydrogen) atoms. The van der Waals surface area contributed by atoms with Gasteiger partial charge in [-0.25, -0.2) is 0 Å². The SMILES string of the molecule is CC=NC1CC(O)c2ccccc21. The number of aliphatic hydroxyl groups is 1. The number of hydrogen-bond acceptors (Lipinski definition) is 2. The second-order valence-electron chi connectivity index (χ2n) is 3.30. The summed E-state index contributed by atoms with van der Waals surface area (Å²) in [6, 6.07) is 8.14. The van der Waals surface area contributed by atoms with Crippen molar-refractivity contribution in [2.45, 2.75) is 25.5 Å². The van der Waals surface area contributed by atoms with Crippen LogP contribution in [0.15, 0.2) is 29.3 Å². The predicted octanol–water partition coefficient (Wildman–Crippen LogP) is 2.26. The highest BCUT2D eigenvalue weighted by Gasteiger charge is 2.27. The lowest BCUT2D eigenvalue weighted by molar-refractivity contribution is 0.174. The van der Waals surface area contributed by atoms with Crippen molar-refractivity contribution in [3.8, 4) is 0 Å². The Bertz CT molecular complexity index is 333. The van der Waals surface area contributed by atoms with Gasteiger partial charge in [0.05, 0.1) is 12.1 Å². The van der Waals surface area contributed by atoms with Crippen molar-refractivity contribution >= 4 is 6.21 Å². The molecule has 1 N–H and O–H groups in total. The van der Waals surface area contributed by atoms with E-state index in [-0.39, 0.29) is 12.1 Å². The van der Waals surface area contributed by atoms with Crippen molar-refractivity contribution in [3.63, 3.8) is 0 Å². The van der Waals surface area contributed by atoms with Gasteiger partial charge in [0.2, 0.25) is 0 Å². The van der Waals surface area contributed by atoms with Gasteiger partial charge < -0.3 is 5.11 Å². The van der Waals surface area contributed by atoms with Crippen LogP contribution in [0.5, 0.6) is 0 Å². The first-order chi connectivity index (χ1) is 6.33. The second-order valence-corrected chi connectivity index (χ2v) is 3.30. The Balaban J connectivity index is 2.41. The summed E-state index contributed by atoms with van der Waals surface area (Å²) < 4.78 is 0. The fourth-order valence-corrected chi connectivity index (χ4v) is 1.90. The number of fused-ring (bicyclic) bond motifs is 1. The zero-order valence-electron chi connectivity index (χ0n) is 7.64. The number of benzene rings is 1. The lowest BCUT2D eigenvalue weighted by Crippen LogP contribution is -1.89. The molecule has 1 aromatic rings. The third kappa shape index (κ3) is 1.38. The molecule has 2 nitrogen and oxygen atoms in total. The normalized spacial score (nSPS) is 26.6. The number of hydrogen-bond donors (Lipinski definition) is 1. The minimum absolute atomic E-state index is 0.163. The Morgan fingerprint density at radius 1 is 1.38 bits per heavy atom. The summed E-state index contributed by atoms with van der Waals surface area (Å²) in [5, 5.41) is 9.70. The van der Waals surface area contributed by atoms with E-state index < -0.39 is 0 Å². The molecule has 0 aromatic heterocycles. The minimum Gasteiger partial charge on any atom is -0.388 e. The Labute approximate surface area is 77.9 Å². The van der Waals surface area contributed by atoms with Gasteiger partial charge in [-0.2, -0.15) is 0 Å². The smallest absolute Gasteiger partial charge is 0.0817 e. The van der Waals surface area contributed by atoms with E-state index >= 15 is 0 Å². The summed E-state index contributed by atoms with van der Waals surface area (Å²) >= 11 is 0. The fraction of sp³-hybridized carbons (Fsp3) is 0.364. The highest BCUT2D eigenvalue weighted by Crippen LogP contribution is 2.40. The largest absolute Gasteiger partial charge is 0.388 e. The van der Waals surface area contributed by atoms with E-state index in [2.05, 4.69) is 4.99 Å². The van der Waals surface area contributed by atoms with Crippen molar-refractivity contribution in [3.05, 3.63) is 35.4 Å². The maximum Gasteiger partial charge on any atom is 0.0817 e. The molecule has 0 saturated carbocycles. The van der Waals surface area contributed by atoms with Gasteiger partial charge in [-0.05, 0) is 24.3 Å². The topological polar surface area (TPSA) is 32.6 Å². The molecule has 0 aliphatic heterocycles. The van der Waals surface area contributed by atoms with Crippen LogP contribution in [0.2, 0.25) is 0 Å². The van der Waals surface area contributed by atoms with Crippen LogP contribution in [0.4, 0.5) is 0 Å². The van der Waals surface area contributed by atoms with E-state index in [9.17, 15) is 5.11 Å². The molecule has 0 spiro atoms. The Morgan fingerprint density at radius 3 is 2.77 bits per heavy atom. The van der Waals surface area contributed by atoms with Crippen molar-refractivity contribution in [1.82, 2.24) is 0 Å². The third-order valence-corrected chi connectivity index (χ3v) is 2.49. The molecule has 2 rings (SSSR count). The van der Waals surface area contributed by atoms with Gasteiger partial charge in [0.15, 0.2) is 0 Å². The molecule has 2 heteroatoms. The molecule has 1 aliphatic rings. The first-order valence-corrected chi connectivity index (χ1v) is 4.57. The molecule has 0 saturated heterocycles. The van der Waals surface area contributed by atoms with Crippen LogP contribution in [0.1, 0.15) is 36.6 Å². The van der Waals surface area contributed by atoms with Gasteiger partial charge >= 0.3 is 0 Å². The zero-order valence-corrected chi connectivity index (χ0v) is 7.64. The van der Waals surface area contributed by atoms with E-state index in [1.807, 2.05) is 31.2 Å². The molecule has 0 fully saturated rings. The standard InChI is InChI=1S/C11H13NO/c1-2-12-10-7-11(13)9-6-4-3-5-8(9)10/h2-6,10-11,13H,7H2,1H3. The fourth-order valence-electron chi connectivity index (χ4n) is 1.90. The van der Waals surface area contributed by atoms with Gasteiger partial charge in [-0.3, -0.25) is 4.99 Å². The summed E-state index contributed by atoms with van der Waals surface area (Å²) in [6.45, 7) is 1.91. The minimum atomic E-state index is -0.329. The van der Waals surface area contributed by atoms with Crippen LogP contribution < -0.4 is 0 Å². The number of rotatable bonds is 1. The van der Waals surface area contributed by atoms with Crippen molar-refractivity contribution in [2.75, 3.05) is 0 Å². The molecule has 0 heterocycles. The number of nitrogens with zero attached hydrogens (tertiary/aromatic N) is 1. The molecular formula is C11H13NO. The third-order valence-electron chi connectivity index (χ3n) is 2.49. The van der Waals surface area contributed by atoms with E-state index in [0.717, 1.165) is 12.0 Å². The molecular weight excluding hydrogens is 162 g/mol. The van der Waals surface area contributed by atoms with Gasteiger partial charge in [0, 0.05) is 6.42 Å². The van der Waals surface area contributed by atoms with Crippen LogP contribution in [-0.4, -0.2) is 11.3 Å². The summed E-state index contributed by atoms with van der Waals surface area (Å²) in [4.78, 5) is 4.33. The molecule has 2 unspecified atom stereocenters. The van der Waals surface area contributed by atoms with Gasteiger partial charge in [-0.15, -0.1) is 0 Å². The van der Waals surface area contributed by atoms with Gasteiger partial charge in [0.1, 0.15) is 0 Å². The summed E-state index contributed by atoms with van der Waals surface area (Å²) in [6.07, 6.45) is 2.20. The molecule has 1 aliphatic carbocycles. The summed E-state index contributed by atoms with van der Waals surface area (Å²) in [7, 11) is 0. The van der Waals surface area contributed by atoms with Crippen LogP contribution in [0.3, 0.4) is 0 Å². The highest BCUT2D eigenvalue weighted by atomic mass is 16.3. The molecule has 0 amide bonds. The van der Waals surface area contributed by atoms with Gasteiger partial charge in [0.25, 0.3) is 0 Å². The molecule has 1 aromatic carbocycles. The van der Waals surface area contributed by atoms with E-state index in [1.54, 1.807) is 6.21 Å². The Hall–Kier alpha value is -1.15. The summed E-state index contributed by atoms with van der Waals surface area (Å²) in [5.41, 5.74) is 2.21. The zero-order chi connectivity index (χ0) is 9.26. The predicted molar refractivity (Wildman–Crippen MR) is 52.9 cm³/mol.